The highest BCUT2D eigenvalue weighted by atomic mass is 35.5. The van der Waals surface area contributed by atoms with E-state index < -0.39 is 22.1 Å². The molecule has 110 valence electrons. The molecule has 1 saturated heterocycles. The summed E-state index contributed by atoms with van der Waals surface area (Å²) in [6, 6.07) is 2.46. The summed E-state index contributed by atoms with van der Waals surface area (Å²) in [5.74, 6) is -1.23. The highest BCUT2D eigenvalue weighted by Crippen LogP contribution is 2.28. The van der Waals surface area contributed by atoms with Crippen molar-refractivity contribution in [3.05, 3.63) is 28.3 Å². The van der Waals surface area contributed by atoms with E-state index in [1.165, 1.54) is 19.1 Å². The molecule has 1 aliphatic rings. The number of nitrogens with zero attached hydrogens (tertiary/aromatic N) is 1. The number of benzene rings is 1. The molecule has 2 rings (SSSR count). The summed E-state index contributed by atoms with van der Waals surface area (Å²) in [4.78, 5) is 11.0. The Balaban J connectivity index is 2.55. The molecule has 1 heterocycles. The number of aliphatic hydroxyl groups excluding tert-OH is 1. The maximum Gasteiger partial charge on any atom is 0.336 e. The van der Waals surface area contributed by atoms with Gasteiger partial charge < -0.3 is 10.2 Å². The Kier molecular flexibility index (Phi) is 4.06. The minimum Gasteiger partial charge on any atom is -0.478 e. The zero-order valence-electron chi connectivity index (χ0n) is 10.7. The molecule has 0 radical (unpaired) electrons. The first-order chi connectivity index (χ1) is 9.23. The third kappa shape index (κ3) is 2.67. The fraction of sp³-hybridized carbons (Fsp3) is 0.417. The molecule has 1 aromatic carbocycles. The Labute approximate surface area is 121 Å². The van der Waals surface area contributed by atoms with E-state index in [9.17, 15) is 18.3 Å². The van der Waals surface area contributed by atoms with Crippen molar-refractivity contribution >= 4 is 27.6 Å². The number of sulfonamides is 1. The van der Waals surface area contributed by atoms with Gasteiger partial charge in [-0.05, 0) is 31.0 Å². The summed E-state index contributed by atoms with van der Waals surface area (Å²) in [6.45, 7) is 1.65. The van der Waals surface area contributed by atoms with Crippen LogP contribution >= 0.6 is 11.6 Å². The second-order valence-corrected chi connectivity index (χ2v) is 7.03. The van der Waals surface area contributed by atoms with Crippen molar-refractivity contribution in [3.8, 4) is 0 Å². The van der Waals surface area contributed by atoms with Crippen molar-refractivity contribution in [1.82, 2.24) is 4.31 Å². The van der Waals surface area contributed by atoms with Crippen molar-refractivity contribution < 1.29 is 23.4 Å². The molecule has 0 bridgehead atoms. The van der Waals surface area contributed by atoms with Crippen molar-refractivity contribution in [3.63, 3.8) is 0 Å². The lowest BCUT2D eigenvalue weighted by Gasteiger charge is -2.18. The number of halogens is 1. The third-order valence-electron chi connectivity index (χ3n) is 3.30. The van der Waals surface area contributed by atoms with Gasteiger partial charge in [-0.15, -0.1) is 0 Å². The van der Waals surface area contributed by atoms with Gasteiger partial charge in [-0.2, -0.15) is 4.31 Å². The van der Waals surface area contributed by atoms with Gasteiger partial charge >= 0.3 is 5.97 Å². The molecule has 0 amide bonds. The molecule has 0 saturated carbocycles. The number of aromatic carboxylic acids is 1. The van der Waals surface area contributed by atoms with Gasteiger partial charge in [-0.3, -0.25) is 0 Å². The number of carbonyl (C=O) groups is 1. The van der Waals surface area contributed by atoms with Crippen LogP contribution in [0.2, 0.25) is 5.02 Å². The molecule has 0 spiro atoms. The molecule has 1 atom stereocenters. The van der Waals surface area contributed by atoms with E-state index in [1.54, 1.807) is 0 Å². The van der Waals surface area contributed by atoms with Gasteiger partial charge in [0.05, 0.1) is 16.6 Å². The van der Waals surface area contributed by atoms with Crippen LogP contribution in [-0.4, -0.2) is 48.1 Å². The number of carboxylic acids is 1. The summed E-state index contributed by atoms with van der Waals surface area (Å²) in [5.41, 5.74) is -0.000824. The lowest BCUT2D eigenvalue weighted by atomic mass is 10.1. The molecule has 8 heteroatoms. The average molecular weight is 320 g/mol. The minimum atomic E-state index is -3.86. The standard InChI is InChI=1S/C12H14ClNO5S/c1-7-10(12(16)17)4-8(13)5-11(7)20(18,19)14-3-2-9(15)6-14/h4-5,9,15H,2-3,6H2,1H3,(H,16,17)/t9-/m0/s1. The normalized spacial score (nSPS) is 20.2. The van der Waals surface area contributed by atoms with Gasteiger partial charge in [-0.25, -0.2) is 13.2 Å². The van der Waals surface area contributed by atoms with E-state index >= 15 is 0 Å². The maximum absolute atomic E-state index is 12.5. The zero-order chi connectivity index (χ0) is 15.1. The number of aliphatic hydroxyl groups is 1. The second-order valence-electron chi connectivity index (χ2n) is 4.69. The first-order valence-corrected chi connectivity index (χ1v) is 7.77. The highest BCUT2D eigenvalue weighted by Gasteiger charge is 2.33. The van der Waals surface area contributed by atoms with Crippen molar-refractivity contribution in [1.29, 1.82) is 0 Å². The van der Waals surface area contributed by atoms with Crippen LogP contribution in [-0.2, 0) is 10.0 Å². The lowest BCUT2D eigenvalue weighted by Crippen LogP contribution is -2.30. The van der Waals surface area contributed by atoms with Gasteiger partial charge in [0.1, 0.15) is 0 Å². The number of rotatable bonds is 3. The molecule has 1 aromatic rings. The lowest BCUT2D eigenvalue weighted by molar-refractivity contribution is 0.0695. The Morgan fingerprint density at radius 1 is 1.45 bits per heavy atom. The number of hydrogen-bond donors (Lipinski definition) is 2. The van der Waals surface area contributed by atoms with Crippen LogP contribution in [0.1, 0.15) is 22.3 Å². The predicted molar refractivity (Wildman–Crippen MR) is 72.5 cm³/mol. The molecule has 1 aliphatic heterocycles. The van der Waals surface area contributed by atoms with E-state index in [2.05, 4.69) is 0 Å². The zero-order valence-corrected chi connectivity index (χ0v) is 12.3. The van der Waals surface area contributed by atoms with Crippen LogP contribution in [0.3, 0.4) is 0 Å². The maximum atomic E-state index is 12.5. The molecular weight excluding hydrogens is 306 g/mol. The van der Waals surface area contributed by atoms with E-state index in [1.807, 2.05) is 0 Å². The van der Waals surface area contributed by atoms with Crippen molar-refractivity contribution in [2.45, 2.75) is 24.3 Å². The number of hydrogen-bond acceptors (Lipinski definition) is 4. The smallest absolute Gasteiger partial charge is 0.336 e. The predicted octanol–water partition coefficient (Wildman–Crippen LogP) is 1.10. The topological polar surface area (TPSA) is 94.9 Å². The van der Waals surface area contributed by atoms with Gasteiger partial charge in [0.25, 0.3) is 0 Å². The second kappa shape index (κ2) is 5.33. The molecule has 0 aromatic heterocycles. The Morgan fingerprint density at radius 2 is 2.10 bits per heavy atom. The fourth-order valence-corrected chi connectivity index (χ4v) is 4.26. The Hall–Kier alpha value is -1.15. The summed E-state index contributed by atoms with van der Waals surface area (Å²) in [6.07, 6.45) is -0.326. The quantitative estimate of drug-likeness (QED) is 0.870. The average Bonchev–Trinajstić information content (AvgIpc) is 2.78. The van der Waals surface area contributed by atoms with Crippen LogP contribution in [0.25, 0.3) is 0 Å². The van der Waals surface area contributed by atoms with E-state index in [4.69, 9.17) is 16.7 Å². The number of carboxylic acid groups (broad SMARTS) is 1. The third-order valence-corrected chi connectivity index (χ3v) is 5.51. The molecule has 6 nitrogen and oxygen atoms in total. The minimum absolute atomic E-state index is 0.0106. The summed E-state index contributed by atoms with van der Waals surface area (Å²) in [5, 5.41) is 18.6. The number of β-amino-alcohol motifs (C(OH)–C–C–N with tert-alkyl or cyclic N) is 1. The Bertz CT molecular complexity index is 658. The fourth-order valence-electron chi connectivity index (χ4n) is 2.21. The van der Waals surface area contributed by atoms with Crippen LogP contribution in [0.15, 0.2) is 17.0 Å². The summed E-state index contributed by atoms with van der Waals surface area (Å²) < 4.78 is 26.1. The first-order valence-electron chi connectivity index (χ1n) is 5.95. The summed E-state index contributed by atoms with van der Waals surface area (Å²) in [7, 11) is -3.86. The Morgan fingerprint density at radius 3 is 2.60 bits per heavy atom. The van der Waals surface area contributed by atoms with Crippen molar-refractivity contribution in [2.75, 3.05) is 13.1 Å². The summed E-state index contributed by atoms with van der Waals surface area (Å²) >= 11 is 5.81. The largest absolute Gasteiger partial charge is 0.478 e. The highest BCUT2D eigenvalue weighted by molar-refractivity contribution is 7.89. The van der Waals surface area contributed by atoms with Gasteiger partial charge in [0.15, 0.2) is 0 Å². The molecule has 0 unspecified atom stereocenters. The van der Waals surface area contributed by atoms with E-state index in [0.29, 0.717) is 6.42 Å². The monoisotopic (exact) mass is 319 g/mol. The molecular formula is C12H14ClNO5S. The SMILES string of the molecule is Cc1c(C(=O)O)cc(Cl)cc1S(=O)(=O)N1CC[C@H](O)C1. The first kappa shape index (κ1) is 15.2. The van der Waals surface area contributed by atoms with Crippen LogP contribution in [0, 0.1) is 6.92 Å². The van der Waals surface area contributed by atoms with Gasteiger partial charge in [0.2, 0.25) is 10.0 Å². The molecule has 2 N–H and O–H groups in total. The van der Waals surface area contributed by atoms with Crippen molar-refractivity contribution in [2.24, 2.45) is 0 Å². The molecule has 0 aliphatic carbocycles. The van der Waals surface area contributed by atoms with E-state index in [0.717, 1.165) is 4.31 Å². The van der Waals surface area contributed by atoms with E-state index in [-0.39, 0.29) is 34.1 Å². The molecule has 20 heavy (non-hydrogen) atoms. The van der Waals surface area contributed by atoms with Crippen LogP contribution < -0.4 is 0 Å². The van der Waals surface area contributed by atoms with Crippen LogP contribution in [0.4, 0.5) is 0 Å². The molecule has 1 fully saturated rings. The van der Waals surface area contributed by atoms with Crippen LogP contribution in [0.5, 0.6) is 0 Å². The van der Waals surface area contributed by atoms with Gasteiger partial charge in [0, 0.05) is 18.1 Å². The van der Waals surface area contributed by atoms with Gasteiger partial charge in [-0.1, -0.05) is 11.6 Å².